The Labute approximate surface area is 129 Å². The maximum atomic E-state index is 11.1. The normalized spacial score (nSPS) is 10.8. The van der Waals surface area contributed by atoms with Crippen molar-refractivity contribution in [3.63, 3.8) is 0 Å². The number of benzene rings is 1. The molecule has 0 spiro atoms. The van der Waals surface area contributed by atoms with Crippen LogP contribution in [0.15, 0.2) is 24.5 Å². The van der Waals surface area contributed by atoms with Crippen LogP contribution >= 0.6 is 11.3 Å². The quantitative estimate of drug-likeness (QED) is 0.561. The van der Waals surface area contributed by atoms with Gasteiger partial charge in [-0.05, 0) is 24.1 Å². The van der Waals surface area contributed by atoms with Crippen molar-refractivity contribution >= 4 is 44.0 Å². The maximum Gasteiger partial charge on any atom is 0.353 e. The zero-order valence-electron chi connectivity index (χ0n) is 11.6. The van der Waals surface area contributed by atoms with Gasteiger partial charge >= 0.3 is 5.69 Å². The molecule has 0 aliphatic heterocycles. The molecule has 3 N–H and O–H groups in total. The van der Waals surface area contributed by atoms with E-state index in [0.29, 0.717) is 5.13 Å². The average molecular weight is 316 g/mol. The number of rotatable bonds is 4. The number of hydrogen-bond acceptors (Lipinski definition) is 8. The van der Waals surface area contributed by atoms with Gasteiger partial charge in [0.15, 0.2) is 5.13 Å². The molecular formula is C13H12N6O2S. The largest absolute Gasteiger partial charge is 0.378 e. The molecule has 0 unspecified atom stereocenters. The van der Waals surface area contributed by atoms with Gasteiger partial charge in [0, 0.05) is 0 Å². The highest BCUT2D eigenvalue weighted by Crippen LogP contribution is 2.33. The number of hydrogen-bond donors (Lipinski definition) is 2. The number of fused-ring (bicyclic) bond motifs is 1. The molecule has 2 heterocycles. The van der Waals surface area contributed by atoms with Gasteiger partial charge in [-0.3, -0.25) is 10.1 Å². The molecule has 0 fully saturated rings. The Morgan fingerprint density at radius 3 is 2.95 bits per heavy atom. The molecule has 9 heteroatoms. The molecule has 112 valence electrons. The minimum absolute atomic E-state index is 0.0345. The number of nitro groups is 1. The minimum Gasteiger partial charge on any atom is -0.378 e. The predicted molar refractivity (Wildman–Crippen MR) is 85.4 cm³/mol. The molecule has 0 saturated carbocycles. The van der Waals surface area contributed by atoms with Crippen LogP contribution in [0.4, 0.5) is 22.5 Å². The molecule has 0 bridgehead atoms. The lowest BCUT2D eigenvalue weighted by Gasteiger charge is -2.03. The van der Waals surface area contributed by atoms with Gasteiger partial charge in [-0.1, -0.05) is 24.3 Å². The molecule has 0 aliphatic rings. The van der Waals surface area contributed by atoms with Gasteiger partial charge in [-0.15, -0.1) is 0 Å². The molecule has 8 nitrogen and oxygen atoms in total. The number of anilines is 3. The van der Waals surface area contributed by atoms with Gasteiger partial charge in [-0.25, -0.2) is 15.0 Å². The minimum atomic E-state index is -0.611. The summed E-state index contributed by atoms with van der Waals surface area (Å²) in [6.45, 7) is 2.08. The van der Waals surface area contributed by atoms with Crippen LogP contribution in [0.5, 0.6) is 0 Å². The third-order valence-electron chi connectivity index (χ3n) is 3.12. The van der Waals surface area contributed by atoms with E-state index >= 15 is 0 Å². The Hall–Kier alpha value is -2.81. The zero-order chi connectivity index (χ0) is 15.7. The van der Waals surface area contributed by atoms with E-state index in [1.54, 1.807) is 0 Å². The lowest BCUT2D eigenvalue weighted by molar-refractivity contribution is -0.383. The number of aromatic nitrogens is 3. The molecule has 22 heavy (non-hydrogen) atoms. The van der Waals surface area contributed by atoms with Crippen molar-refractivity contribution in [3.8, 4) is 0 Å². The van der Waals surface area contributed by atoms with Gasteiger partial charge in [0.05, 0.1) is 15.1 Å². The Morgan fingerprint density at radius 1 is 1.41 bits per heavy atom. The van der Waals surface area contributed by atoms with Crippen LogP contribution in [0.3, 0.4) is 0 Å². The molecule has 1 aromatic carbocycles. The number of nitrogen functional groups attached to an aromatic ring is 1. The van der Waals surface area contributed by atoms with E-state index in [1.807, 2.05) is 12.1 Å². The monoisotopic (exact) mass is 316 g/mol. The van der Waals surface area contributed by atoms with E-state index in [-0.39, 0.29) is 17.3 Å². The summed E-state index contributed by atoms with van der Waals surface area (Å²) in [6.07, 6.45) is 2.11. The van der Waals surface area contributed by atoms with E-state index in [4.69, 9.17) is 5.73 Å². The summed E-state index contributed by atoms with van der Waals surface area (Å²) < 4.78 is 1.01. The molecule has 0 amide bonds. The van der Waals surface area contributed by atoms with Crippen molar-refractivity contribution < 1.29 is 4.92 Å². The van der Waals surface area contributed by atoms with Crippen LogP contribution in [0, 0.1) is 10.1 Å². The van der Waals surface area contributed by atoms with Crippen LogP contribution in [-0.4, -0.2) is 19.9 Å². The summed E-state index contributed by atoms with van der Waals surface area (Å²) in [5, 5.41) is 14.5. The number of aryl methyl sites for hydroxylation is 1. The maximum absolute atomic E-state index is 11.1. The fourth-order valence-corrected chi connectivity index (χ4v) is 2.94. The van der Waals surface area contributed by atoms with Crippen molar-refractivity contribution in [2.24, 2.45) is 0 Å². The second kappa shape index (κ2) is 5.53. The van der Waals surface area contributed by atoms with Crippen molar-refractivity contribution in [2.75, 3.05) is 11.1 Å². The highest BCUT2D eigenvalue weighted by molar-refractivity contribution is 7.22. The van der Waals surface area contributed by atoms with Gasteiger partial charge in [0.25, 0.3) is 0 Å². The first-order chi connectivity index (χ1) is 10.6. The van der Waals surface area contributed by atoms with Crippen LogP contribution in [0.25, 0.3) is 10.2 Å². The Kier molecular flexibility index (Phi) is 3.55. The fourth-order valence-electron chi connectivity index (χ4n) is 2.01. The van der Waals surface area contributed by atoms with E-state index < -0.39 is 4.92 Å². The molecule has 0 aliphatic carbocycles. The number of nitrogens with two attached hydrogens (primary N) is 1. The second-order valence-corrected chi connectivity index (χ2v) is 5.54. The average Bonchev–Trinajstić information content (AvgIpc) is 2.87. The van der Waals surface area contributed by atoms with Gasteiger partial charge < -0.3 is 11.1 Å². The highest BCUT2D eigenvalue weighted by atomic mass is 32.1. The SMILES string of the molecule is CCc1ccc2nc(Nc3ncnc(N)c3[N+](=O)[O-])sc2c1. The number of nitrogens with zero attached hydrogens (tertiary/aromatic N) is 4. The molecule has 3 rings (SSSR count). The lowest BCUT2D eigenvalue weighted by Crippen LogP contribution is -2.04. The zero-order valence-corrected chi connectivity index (χ0v) is 12.4. The molecular weight excluding hydrogens is 304 g/mol. The lowest BCUT2D eigenvalue weighted by atomic mass is 10.2. The Bertz CT molecular complexity index is 863. The molecule has 0 radical (unpaired) electrons. The molecule has 2 aromatic heterocycles. The van der Waals surface area contributed by atoms with E-state index in [1.165, 1.54) is 23.2 Å². The summed E-state index contributed by atoms with van der Waals surface area (Å²) in [5.74, 6) is -0.149. The first kappa shape index (κ1) is 14.1. The smallest absolute Gasteiger partial charge is 0.353 e. The van der Waals surface area contributed by atoms with Crippen molar-refractivity contribution in [3.05, 3.63) is 40.2 Å². The van der Waals surface area contributed by atoms with Crippen LogP contribution in [-0.2, 0) is 6.42 Å². The topological polar surface area (TPSA) is 120 Å². The third-order valence-corrected chi connectivity index (χ3v) is 4.05. The second-order valence-electron chi connectivity index (χ2n) is 4.51. The Balaban J connectivity index is 2.00. The van der Waals surface area contributed by atoms with E-state index in [2.05, 4.69) is 33.3 Å². The summed E-state index contributed by atoms with van der Waals surface area (Å²) in [4.78, 5) is 22.4. The van der Waals surface area contributed by atoms with Gasteiger partial charge in [-0.2, -0.15) is 0 Å². The number of nitrogens with one attached hydrogen (secondary N) is 1. The first-order valence-corrected chi connectivity index (χ1v) is 7.31. The van der Waals surface area contributed by atoms with Crippen molar-refractivity contribution in [2.45, 2.75) is 13.3 Å². The third kappa shape index (κ3) is 2.53. The van der Waals surface area contributed by atoms with Crippen LogP contribution in [0.1, 0.15) is 12.5 Å². The summed E-state index contributed by atoms with van der Waals surface area (Å²) in [5.41, 5.74) is 7.22. The Morgan fingerprint density at radius 2 is 2.23 bits per heavy atom. The summed E-state index contributed by atoms with van der Waals surface area (Å²) >= 11 is 1.40. The summed E-state index contributed by atoms with van der Waals surface area (Å²) in [7, 11) is 0. The standard InChI is InChI=1S/C13H12N6O2S/c1-2-7-3-4-8-9(5-7)22-13(17-8)18-12-10(19(20)21)11(14)15-6-16-12/h3-6H,2H2,1H3,(H3,14,15,16,17,18). The van der Waals surface area contributed by atoms with Crippen LogP contribution in [0.2, 0.25) is 0 Å². The van der Waals surface area contributed by atoms with E-state index in [0.717, 1.165) is 16.6 Å². The molecule has 0 saturated heterocycles. The summed E-state index contributed by atoms with van der Waals surface area (Å²) in [6, 6.07) is 6.00. The first-order valence-electron chi connectivity index (χ1n) is 6.50. The van der Waals surface area contributed by atoms with Crippen LogP contribution < -0.4 is 11.1 Å². The predicted octanol–water partition coefficient (Wildman–Crippen LogP) is 2.88. The number of thiazole rings is 1. The molecule has 0 atom stereocenters. The molecule has 3 aromatic rings. The van der Waals surface area contributed by atoms with E-state index in [9.17, 15) is 10.1 Å². The van der Waals surface area contributed by atoms with Crippen molar-refractivity contribution in [1.29, 1.82) is 0 Å². The fraction of sp³-hybridized carbons (Fsp3) is 0.154. The van der Waals surface area contributed by atoms with Gasteiger partial charge in [0.1, 0.15) is 6.33 Å². The van der Waals surface area contributed by atoms with Gasteiger partial charge in [0.2, 0.25) is 11.6 Å². The highest BCUT2D eigenvalue weighted by Gasteiger charge is 2.21. The van der Waals surface area contributed by atoms with Crippen molar-refractivity contribution in [1.82, 2.24) is 15.0 Å².